The highest BCUT2D eigenvalue weighted by atomic mass is 35.7. The summed E-state index contributed by atoms with van der Waals surface area (Å²) < 4.78 is 37.9. The van der Waals surface area contributed by atoms with Crippen molar-refractivity contribution in [1.82, 2.24) is 4.90 Å². The molecule has 33 heavy (non-hydrogen) atoms. The molecule has 1 heterocycles. The fourth-order valence-electron chi connectivity index (χ4n) is 3.12. The third-order valence-electron chi connectivity index (χ3n) is 4.96. The minimum Gasteiger partial charge on any atom is -0.497 e. The van der Waals surface area contributed by atoms with E-state index in [-0.39, 0.29) is 5.91 Å². The van der Waals surface area contributed by atoms with Crippen LogP contribution in [0.5, 0.6) is 5.75 Å². The number of aliphatic hydroxyl groups excluding tert-OH is 1. The minimum atomic E-state index is -4.69. The number of fused-ring (bicyclic) bond motifs is 1. The van der Waals surface area contributed by atoms with E-state index < -0.39 is 21.6 Å². The number of likely N-dealkylation sites (N-methyl/N-ethyl adjacent to an activating group) is 1. The molecule has 2 unspecified atom stereocenters. The number of methoxy groups -OCH3 is 1. The van der Waals surface area contributed by atoms with Gasteiger partial charge in [0.05, 0.1) is 32.9 Å². The summed E-state index contributed by atoms with van der Waals surface area (Å²) in [4.78, 5) is 17.9. The van der Waals surface area contributed by atoms with Crippen LogP contribution in [0.1, 0.15) is 17.7 Å². The van der Waals surface area contributed by atoms with E-state index in [2.05, 4.69) is 11.8 Å². The topological polar surface area (TPSA) is 142 Å². The van der Waals surface area contributed by atoms with E-state index in [0.29, 0.717) is 11.6 Å². The highest BCUT2D eigenvalue weighted by Gasteiger charge is 2.37. The van der Waals surface area contributed by atoms with E-state index >= 15 is 0 Å². The van der Waals surface area contributed by atoms with Crippen molar-refractivity contribution in [3.05, 3.63) is 53.1 Å². The zero-order chi connectivity index (χ0) is 24.8. The highest BCUT2D eigenvalue weighted by molar-refractivity contribution is 7.99. The van der Waals surface area contributed by atoms with E-state index in [9.17, 15) is 9.90 Å². The van der Waals surface area contributed by atoms with Crippen molar-refractivity contribution in [2.24, 2.45) is 0 Å². The van der Waals surface area contributed by atoms with Crippen molar-refractivity contribution >= 4 is 35.0 Å². The van der Waals surface area contributed by atoms with Crippen LogP contribution in [-0.2, 0) is 4.79 Å². The minimum absolute atomic E-state index is 0.293. The average molecular weight is 521 g/mol. The van der Waals surface area contributed by atoms with Gasteiger partial charge in [-0.1, -0.05) is 30.7 Å². The van der Waals surface area contributed by atoms with E-state index in [0.717, 1.165) is 35.0 Å². The predicted octanol–water partition coefficient (Wildman–Crippen LogP) is -0.283. The molecular formula is C21H26Cl2N2O7S. The van der Waals surface area contributed by atoms with Crippen LogP contribution >= 0.6 is 23.4 Å². The van der Waals surface area contributed by atoms with E-state index in [4.69, 9.17) is 35.0 Å². The Labute approximate surface area is 203 Å². The van der Waals surface area contributed by atoms with Gasteiger partial charge in [-0.15, -0.1) is 11.8 Å². The van der Waals surface area contributed by atoms with Crippen molar-refractivity contribution in [1.29, 1.82) is 0 Å². The van der Waals surface area contributed by atoms with Crippen molar-refractivity contribution < 1.29 is 43.5 Å². The molecule has 12 heteroatoms. The van der Waals surface area contributed by atoms with Crippen molar-refractivity contribution in [3.63, 3.8) is 0 Å². The molecule has 3 rings (SSSR count). The van der Waals surface area contributed by atoms with E-state index in [1.807, 2.05) is 43.4 Å². The summed E-state index contributed by atoms with van der Waals surface area (Å²) in [5.74, 6) is 0.440. The first-order valence-corrected chi connectivity index (χ1v) is 12.4. The maximum Gasteiger partial charge on any atom is 0.257 e. The number of anilines is 1. The van der Waals surface area contributed by atoms with Crippen LogP contribution < -0.4 is 23.6 Å². The van der Waals surface area contributed by atoms with Gasteiger partial charge in [0.25, 0.3) is 5.91 Å². The number of carbonyl (C=O) groups is 1. The standard InChI is InChI=1S/C21H25ClN2O3S.ClHO4/c1-4-23(2)11-12-24-17-10-7-15(22)13-18(17)28-20(19(25)21(24)26)14-5-8-16(27-3)9-6-14;2-1(3,4)5/h5-10,13,19-20,25H,4,11-12H2,1-3H3;(H,2,3,4,5). The summed E-state index contributed by atoms with van der Waals surface area (Å²) in [6, 6.07) is 13.0. The van der Waals surface area contributed by atoms with Gasteiger partial charge < -0.3 is 19.6 Å². The van der Waals surface area contributed by atoms with Crippen molar-refractivity contribution in [2.75, 3.05) is 38.7 Å². The number of benzene rings is 2. The molecule has 0 saturated carbocycles. The summed E-state index contributed by atoms with van der Waals surface area (Å²) in [7, 11) is -1.08. The van der Waals surface area contributed by atoms with Crippen molar-refractivity contribution in [3.8, 4) is 5.75 Å². The molecule has 0 spiro atoms. The van der Waals surface area contributed by atoms with E-state index in [1.165, 1.54) is 11.8 Å². The Balaban J connectivity index is 0.000000696. The normalized spacial score (nSPS) is 18.4. The predicted molar refractivity (Wildman–Crippen MR) is 117 cm³/mol. The lowest BCUT2D eigenvalue weighted by Gasteiger charge is -2.27. The van der Waals surface area contributed by atoms with Crippen LogP contribution in [0.4, 0.5) is 5.69 Å². The van der Waals surface area contributed by atoms with Crippen LogP contribution in [0.2, 0.25) is 5.02 Å². The molecule has 0 radical (unpaired) electrons. The first-order chi connectivity index (χ1) is 15.4. The SMILES string of the molecule is CCN(C)CCN1C(=O)C(O)C(c2ccc(OC)cc2)Sc2cc(Cl)ccc21.[O-][Cl+3]([O-])([O-])O. The molecule has 182 valence electrons. The van der Waals surface area contributed by atoms with Crippen LogP contribution in [0, 0.1) is 10.2 Å². The van der Waals surface area contributed by atoms with Gasteiger partial charge >= 0.3 is 0 Å². The maximum atomic E-state index is 13.2. The van der Waals surface area contributed by atoms with Crippen LogP contribution in [-0.4, -0.2) is 60.5 Å². The molecule has 9 nitrogen and oxygen atoms in total. The smallest absolute Gasteiger partial charge is 0.257 e. The Bertz CT molecular complexity index is 922. The van der Waals surface area contributed by atoms with Gasteiger partial charge in [-0.2, -0.15) is 14.0 Å². The molecule has 1 amide bonds. The number of ether oxygens (including phenoxy) is 1. The first kappa shape index (κ1) is 27.6. The molecule has 2 aromatic carbocycles. The lowest BCUT2D eigenvalue weighted by Crippen LogP contribution is -2.58. The maximum absolute atomic E-state index is 13.2. The zero-order valence-corrected chi connectivity index (χ0v) is 20.6. The molecule has 1 aliphatic heterocycles. The Hall–Kier alpha value is -1.60. The monoisotopic (exact) mass is 520 g/mol. The molecule has 0 fully saturated rings. The molecule has 1 aliphatic rings. The molecule has 2 atom stereocenters. The summed E-state index contributed by atoms with van der Waals surface area (Å²) in [6.07, 6.45) is -1.16. The quantitative estimate of drug-likeness (QED) is 0.525. The summed E-state index contributed by atoms with van der Waals surface area (Å²) in [5.41, 5.74) is 1.66. The molecule has 2 N–H and O–H groups in total. The van der Waals surface area contributed by atoms with Gasteiger partial charge in [0, 0.05) is 23.0 Å². The lowest BCUT2D eigenvalue weighted by molar-refractivity contribution is -1.92. The number of aliphatic hydroxyl groups is 1. The Morgan fingerprint density at radius 2 is 1.82 bits per heavy atom. The molecule has 0 aliphatic carbocycles. The van der Waals surface area contributed by atoms with Gasteiger partial charge in [-0.25, -0.2) is 0 Å². The number of halogens is 2. The van der Waals surface area contributed by atoms with E-state index in [1.54, 1.807) is 18.1 Å². The summed E-state index contributed by atoms with van der Waals surface area (Å²) in [5, 5.41) is 11.1. The molecule has 0 bridgehead atoms. The van der Waals surface area contributed by atoms with Crippen LogP contribution in [0.25, 0.3) is 0 Å². The number of rotatable bonds is 6. The first-order valence-electron chi connectivity index (χ1n) is 9.86. The zero-order valence-electron chi connectivity index (χ0n) is 18.3. The number of thioether (sulfide) groups is 1. The fraction of sp³-hybridized carbons (Fsp3) is 0.381. The largest absolute Gasteiger partial charge is 0.497 e. The number of hydrogen-bond donors (Lipinski definition) is 2. The Morgan fingerprint density at radius 1 is 1.21 bits per heavy atom. The van der Waals surface area contributed by atoms with Crippen LogP contribution in [0.15, 0.2) is 47.4 Å². The lowest BCUT2D eigenvalue weighted by atomic mass is 10.1. The summed E-state index contributed by atoms with van der Waals surface area (Å²) in [6.45, 7) is 4.18. The Morgan fingerprint density at radius 3 is 2.36 bits per heavy atom. The molecule has 0 aromatic heterocycles. The number of carbonyl (C=O) groups excluding carboxylic acids is 1. The Kier molecular flexibility index (Phi) is 10.2. The van der Waals surface area contributed by atoms with Gasteiger partial charge in [0.1, 0.15) is 11.9 Å². The molecular weight excluding hydrogens is 495 g/mol. The third-order valence-corrected chi connectivity index (χ3v) is 6.56. The van der Waals surface area contributed by atoms with Gasteiger partial charge in [-0.3, -0.25) is 4.79 Å². The fourth-order valence-corrected chi connectivity index (χ4v) is 4.66. The number of amides is 1. The van der Waals surface area contributed by atoms with Crippen molar-refractivity contribution in [2.45, 2.75) is 23.2 Å². The second kappa shape index (κ2) is 12.2. The highest BCUT2D eigenvalue weighted by Crippen LogP contribution is 2.46. The number of hydrogen-bond acceptors (Lipinski definition) is 9. The second-order valence-electron chi connectivity index (χ2n) is 7.15. The second-order valence-corrected chi connectivity index (χ2v) is 9.56. The van der Waals surface area contributed by atoms with Gasteiger partial charge in [0.15, 0.2) is 0 Å². The van der Waals surface area contributed by atoms with Crippen LogP contribution in [0.3, 0.4) is 0 Å². The molecule has 0 saturated heterocycles. The van der Waals surface area contributed by atoms with Gasteiger partial charge in [-0.05, 0) is 49.5 Å². The summed E-state index contributed by atoms with van der Waals surface area (Å²) >= 11 is 7.69. The third kappa shape index (κ3) is 8.29. The average Bonchev–Trinajstić information content (AvgIpc) is 2.85. The molecule has 2 aromatic rings. The van der Waals surface area contributed by atoms with Gasteiger partial charge in [0.2, 0.25) is 0 Å². The number of nitrogens with zero attached hydrogens (tertiary/aromatic N) is 2.